The largest absolute Gasteiger partial charge is 0.203 e. The first-order valence-electron chi connectivity index (χ1n) is 3.57. The molecule has 0 aromatic heterocycles. The molecular formula is C8H5F5S. The smallest absolute Gasteiger partial charge is 0.200 e. The normalized spacial score (nSPS) is 13.1. The summed E-state index contributed by atoms with van der Waals surface area (Å²) in [6, 6.07) is 0. The maximum Gasteiger partial charge on any atom is 0.200 e. The molecule has 0 heterocycles. The Kier molecular flexibility index (Phi) is 3.04. The van der Waals surface area contributed by atoms with E-state index >= 15 is 0 Å². The zero-order chi connectivity index (χ0) is 11.0. The first kappa shape index (κ1) is 11.3. The fraction of sp³-hybridized carbons (Fsp3) is 0.250. The standard InChI is InChI=1S/C8H5F5S/c1-2(14)3-4(9)6(11)8(13)7(12)5(3)10/h2,14H,1H3. The highest BCUT2D eigenvalue weighted by Crippen LogP contribution is 2.30. The fourth-order valence-corrected chi connectivity index (χ4v) is 1.22. The Morgan fingerprint density at radius 3 is 1.36 bits per heavy atom. The minimum atomic E-state index is -2.15. The number of benzene rings is 1. The second-order valence-electron chi connectivity index (χ2n) is 2.66. The summed E-state index contributed by atoms with van der Waals surface area (Å²) < 4.78 is 63.4. The Morgan fingerprint density at radius 1 is 0.786 bits per heavy atom. The predicted molar refractivity (Wildman–Crippen MR) is 43.6 cm³/mol. The predicted octanol–water partition coefficient (Wildman–Crippen LogP) is 3.37. The number of rotatable bonds is 1. The summed E-state index contributed by atoms with van der Waals surface area (Å²) in [6.07, 6.45) is 0. The minimum Gasteiger partial charge on any atom is -0.203 e. The summed E-state index contributed by atoms with van der Waals surface area (Å²) in [4.78, 5) is 0. The third-order valence-electron chi connectivity index (χ3n) is 1.66. The molecule has 78 valence electrons. The molecule has 1 aromatic rings. The van der Waals surface area contributed by atoms with Gasteiger partial charge in [0.2, 0.25) is 5.82 Å². The van der Waals surface area contributed by atoms with Crippen LogP contribution in [0.1, 0.15) is 17.7 Å². The van der Waals surface area contributed by atoms with Gasteiger partial charge in [-0.05, 0) is 6.92 Å². The highest BCUT2D eigenvalue weighted by atomic mass is 32.1. The van der Waals surface area contributed by atoms with Crippen LogP contribution < -0.4 is 0 Å². The van der Waals surface area contributed by atoms with E-state index in [0.29, 0.717) is 0 Å². The van der Waals surface area contributed by atoms with E-state index in [-0.39, 0.29) is 0 Å². The van der Waals surface area contributed by atoms with Gasteiger partial charge in [0.05, 0.1) is 0 Å². The molecule has 14 heavy (non-hydrogen) atoms. The molecule has 0 saturated heterocycles. The van der Waals surface area contributed by atoms with Crippen molar-refractivity contribution in [3.8, 4) is 0 Å². The third kappa shape index (κ3) is 1.58. The highest BCUT2D eigenvalue weighted by Gasteiger charge is 2.27. The summed E-state index contributed by atoms with van der Waals surface area (Å²) >= 11 is 3.62. The lowest BCUT2D eigenvalue weighted by atomic mass is 10.1. The molecule has 0 nitrogen and oxygen atoms in total. The maximum atomic E-state index is 12.9. The first-order valence-corrected chi connectivity index (χ1v) is 4.09. The SMILES string of the molecule is CC(S)c1c(F)c(F)c(F)c(F)c1F. The Morgan fingerprint density at radius 2 is 1.07 bits per heavy atom. The Balaban J connectivity index is 3.60. The fourth-order valence-electron chi connectivity index (χ4n) is 0.989. The lowest BCUT2D eigenvalue weighted by Crippen LogP contribution is -2.07. The van der Waals surface area contributed by atoms with Gasteiger partial charge in [-0.3, -0.25) is 0 Å². The lowest BCUT2D eigenvalue weighted by Gasteiger charge is -2.09. The van der Waals surface area contributed by atoms with Crippen molar-refractivity contribution in [1.29, 1.82) is 0 Å². The maximum absolute atomic E-state index is 12.9. The van der Waals surface area contributed by atoms with E-state index in [9.17, 15) is 22.0 Å². The molecule has 1 unspecified atom stereocenters. The van der Waals surface area contributed by atoms with E-state index in [0.717, 1.165) is 0 Å². The topological polar surface area (TPSA) is 0 Å². The second-order valence-corrected chi connectivity index (χ2v) is 3.43. The summed E-state index contributed by atoms with van der Waals surface area (Å²) in [5, 5.41) is -1.07. The molecule has 0 amide bonds. The van der Waals surface area contributed by atoms with Gasteiger partial charge in [-0.15, -0.1) is 0 Å². The summed E-state index contributed by atoms with van der Waals surface area (Å²) in [6.45, 7) is 1.21. The van der Waals surface area contributed by atoms with Crippen molar-refractivity contribution in [2.45, 2.75) is 12.2 Å². The average molecular weight is 228 g/mol. The number of halogens is 5. The van der Waals surface area contributed by atoms with Crippen LogP contribution in [0.4, 0.5) is 22.0 Å². The second kappa shape index (κ2) is 3.76. The van der Waals surface area contributed by atoms with Gasteiger partial charge in [-0.2, -0.15) is 12.6 Å². The molecule has 6 heteroatoms. The molecule has 1 aromatic carbocycles. The van der Waals surface area contributed by atoms with Crippen LogP contribution >= 0.6 is 12.6 Å². The molecular weight excluding hydrogens is 223 g/mol. The van der Waals surface area contributed by atoms with Crippen LogP contribution in [-0.2, 0) is 0 Å². The summed E-state index contributed by atoms with van der Waals surface area (Å²) in [5.74, 6) is -9.70. The van der Waals surface area contributed by atoms with Crippen molar-refractivity contribution < 1.29 is 22.0 Å². The molecule has 1 atom stereocenters. The third-order valence-corrected chi connectivity index (χ3v) is 1.92. The van der Waals surface area contributed by atoms with Crippen LogP contribution in [0.25, 0.3) is 0 Å². The van der Waals surface area contributed by atoms with Gasteiger partial charge in [0.1, 0.15) is 0 Å². The molecule has 0 N–H and O–H groups in total. The van der Waals surface area contributed by atoms with Gasteiger partial charge in [0.15, 0.2) is 23.3 Å². The monoisotopic (exact) mass is 228 g/mol. The van der Waals surface area contributed by atoms with Crippen LogP contribution in [0.3, 0.4) is 0 Å². The number of thiol groups is 1. The van der Waals surface area contributed by atoms with Crippen LogP contribution in [-0.4, -0.2) is 0 Å². The van der Waals surface area contributed by atoms with Crippen molar-refractivity contribution in [3.05, 3.63) is 34.6 Å². The highest BCUT2D eigenvalue weighted by molar-refractivity contribution is 7.80. The average Bonchev–Trinajstić information content (AvgIpc) is 2.11. The zero-order valence-corrected chi connectivity index (χ0v) is 7.81. The van der Waals surface area contributed by atoms with Crippen molar-refractivity contribution in [2.24, 2.45) is 0 Å². The molecule has 0 saturated carbocycles. The minimum absolute atomic E-state index is 0.912. The quantitative estimate of drug-likeness (QED) is 0.324. The Bertz CT molecular complexity index is 345. The number of hydrogen-bond acceptors (Lipinski definition) is 1. The molecule has 0 spiro atoms. The molecule has 0 radical (unpaired) electrons. The van der Waals surface area contributed by atoms with Crippen LogP contribution in [0.15, 0.2) is 0 Å². The molecule has 1 rings (SSSR count). The lowest BCUT2D eigenvalue weighted by molar-refractivity contribution is 0.370. The van der Waals surface area contributed by atoms with Gasteiger partial charge in [0.25, 0.3) is 0 Å². The van der Waals surface area contributed by atoms with Crippen molar-refractivity contribution in [3.63, 3.8) is 0 Å². The van der Waals surface area contributed by atoms with Crippen LogP contribution in [0, 0.1) is 29.1 Å². The van der Waals surface area contributed by atoms with E-state index in [4.69, 9.17) is 0 Å². The summed E-state index contributed by atoms with van der Waals surface area (Å²) in [7, 11) is 0. The van der Waals surface area contributed by atoms with E-state index in [1.807, 2.05) is 0 Å². The van der Waals surface area contributed by atoms with Gasteiger partial charge in [0, 0.05) is 10.8 Å². The summed E-state index contributed by atoms with van der Waals surface area (Å²) in [5.41, 5.74) is -0.912. The molecule has 0 fully saturated rings. The van der Waals surface area contributed by atoms with Crippen LogP contribution in [0.5, 0.6) is 0 Å². The van der Waals surface area contributed by atoms with Crippen molar-refractivity contribution >= 4 is 12.6 Å². The van der Waals surface area contributed by atoms with Gasteiger partial charge in [-0.25, -0.2) is 22.0 Å². The van der Waals surface area contributed by atoms with E-state index in [1.54, 1.807) is 0 Å². The van der Waals surface area contributed by atoms with E-state index in [2.05, 4.69) is 12.6 Å². The molecule has 0 aliphatic carbocycles. The van der Waals surface area contributed by atoms with Crippen molar-refractivity contribution in [2.75, 3.05) is 0 Å². The van der Waals surface area contributed by atoms with Crippen molar-refractivity contribution in [1.82, 2.24) is 0 Å². The number of hydrogen-bond donors (Lipinski definition) is 1. The van der Waals surface area contributed by atoms with Crippen LogP contribution in [0.2, 0.25) is 0 Å². The molecule has 0 aliphatic rings. The van der Waals surface area contributed by atoms with E-state index in [1.165, 1.54) is 6.92 Å². The Hall–Kier alpha value is -0.780. The van der Waals surface area contributed by atoms with Gasteiger partial charge < -0.3 is 0 Å². The molecule has 0 bridgehead atoms. The van der Waals surface area contributed by atoms with Gasteiger partial charge in [-0.1, -0.05) is 0 Å². The zero-order valence-electron chi connectivity index (χ0n) is 6.91. The first-order chi connectivity index (χ1) is 6.37. The Labute approximate surface area is 82.1 Å². The van der Waals surface area contributed by atoms with Gasteiger partial charge >= 0.3 is 0 Å². The molecule has 0 aliphatic heterocycles. The van der Waals surface area contributed by atoms with E-state index < -0.39 is 39.9 Å².